The zero-order valence-electron chi connectivity index (χ0n) is 49.2. The molecule has 0 bridgehead atoms. The summed E-state index contributed by atoms with van der Waals surface area (Å²) in [5.41, 5.74) is 12.5. The van der Waals surface area contributed by atoms with Crippen LogP contribution in [0, 0.1) is 40.8 Å². The second-order valence-corrected chi connectivity index (χ2v) is 23.7. The highest BCUT2D eigenvalue weighted by atomic mass is 127. The van der Waals surface area contributed by atoms with Crippen LogP contribution in [0.5, 0.6) is 0 Å². The maximum absolute atomic E-state index is 14.6. The Morgan fingerprint density at radius 3 is 1.32 bits per heavy atom. The molecule has 0 amide bonds. The van der Waals surface area contributed by atoms with Crippen molar-refractivity contribution in [3.63, 3.8) is 0 Å². The highest BCUT2D eigenvalue weighted by molar-refractivity contribution is 14.1. The SMILES string of the molecule is C.C.Cn1c(=O)n(C)c2cc(CI)ccc21.Cn1c(=O)n(C)c2cc(CN3CNC(C4CC4)=C3c3c(F)cccc3F)ccc21.Cn1c(=O)n(C)c2cc(Cn3cnc(-c4c(F)cccc4F)c3C3CC3)ccc21.Fc1cccc(F)c1-c1nc[nH]c1C1CC1. The number of imidazole rings is 5. The van der Waals surface area contributed by atoms with Gasteiger partial charge in [0.25, 0.3) is 0 Å². The van der Waals surface area contributed by atoms with Gasteiger partial charge in [0.1, 0.15) is 34.9 Å². The molecule has 15 rings (SSSR count). The molecule has 90 heavy (non-hydrogen) atoms. The van der Waals surface area contributed by atoms with E-state index in [2.05, 4.69) is 55.0 Å². The average molecular weight is 1350 g/mol. The number of aromatic amines is 1. The van der Waals surface area contributed by atoms with E-state index in [4.69, 9.17) is 0 Å². The third-order valence-electron chi connectivity index (χ3n) is 17.0. The third kappa shape index (κ3) is 12.2. The van der Waals surface area contributed by atoms with Gasteiger partial charge in [-0.2, -0.15) is 0 Å². The monoisotopic (exact) mass is 1340 g/mol. The third-order valence-corrected chi connectivity index (χ3v) is 17.9. The molecule has 3 fully saturated rings. The lowest BCUT2D eigenvalue weighted by Crippen LogP contribution is -2.23. The maximum Gasteiger partial charge on any atom is 0.328 e. The van der Waals surface area contributed by atoms with Crippen molar-refractivity contribution in [1.82, 2.24) is 57.1 Å². The molecule has 0 radical (unpaired) electrons. The van der Waals surface area contributed by atoms with E-state index in [1.54, 1.807) is 69.0 Å². The largest absolute Gasteiger partial charge is 0.369 e. The van der Waals surface area contributed by atoms with E-state index in [0.717, 1.165) is 104 Å². The van der Waals surface area contributed by atoms with Crippen molar-refractivity contribution in [2.24, 2.45) is 48.2 Å². The van der Waals surface area contributed by atoms with Gasteiger partial charge in [-0.1, -0.05) is 73.8 Å². The summed E-state index contributed by atoms with van der Waals surface area (Å²) in [6, 6.07) is 29.6. The minimum Gasteiger partial charge on any atom is -0.369 e. The molecule has 0 atom stereocenters. The van der Waals surface area contributed by atoms with Crippen molar-refractivity contribution in [3.8, 4) is 22.5 Å². The van der Waals surface area contributed by atoms with Gasteiger partial charge in [-0.3, -0.25) is 27.4 Å². The lowest BCUT2D eigenvalue weighted by molar-refractivity contribution is 0.397. The predicted molar refractivity (Wildman–Crippen MR) is 350 cm³/mol. The van der Waals surface area contributed by atoms with Crippen molar-refractivity contribution in [3.05, 3.63) is 228 Å². The molecule has 6 aromatic carbocycles. The number of nitrogens with one attached hydrogen (secondary N) is 2. The van der Waals surface area contributed by atoms with Crippen LogP contribution in [0.4, 0.5) is 26.3 Å². The number of benzene rings is 6. The Labute approximate surface area is 529 Å². The normalized spacial score (nSPS) is 14.4. The van der Waals surface area contributed by atoms with Crippen molar-refractivity contribution in [1.29, 1.82) is 0 Å². The Morgan fingerprint density at radius 1 is 0.478 bits per heavy atom. The van der Waals surface area contributed by atoms with Gasteiger partial charge in [0.15, 0.2) is 0 Å². The second-order valence-electron chi connectivity index (χ2n) is 23.0. The Balaban J connectivity index is 0.000000137. The molecule has 6 heterocycles. The number of allylic oxidation sites excluding steroid dienone is 1. The van der Waals surface area contributed by atoms with Crippen LogP contribution < -0.4 is 22.4 Å². The van der Waals surface area contributed by atoms with Crippen LogP contribution in [0.3, 0.4) is 0 Å². The molecular weight excluding hydrogens is 1270 g/mol. The van der Waals surface area contributed by atoms with Gasteiger partial charge in [-0.25, -0.2) is 50.7 Å². The lowest BCUT2D eigenvalue weighted by Gasteiger charge is -2.22. The maximum atomic E-state index is 14.6. The number of halogens is 7. The zero-order valence-corrected chi connectivity index (χ0v) is 51.4. The van der Waals surface area contributed by atoms with Crippen molar-refractivity contribution in [2.75, 3.05) is 6.67 Å². The topological polar surface area (TPSA) is 143 Å². The molecule has 11 aromatic rings. The van der Waals surface area contributed by atoms with Crippen LogP contribution in [0.2, 0.25) is 0 Å². The molecule has 1 aliphatic heterocycles. The van der Waals surface area contributed by atoms with Crippen LogP contribution in [-0.4, -0.2) is 58.5 Å². The van der Waals surface area contributed by atoms with Crippen LogP contribution in [0.25, 0.3) is 61.3 Å². The first-order valence-electron chi connectivity index (χ1n) is 29.0. The van der Waals surface area contributed by atoms with Crippen molar-refractivity contribution in [2.45, 2.75) is 82.7 Å². The minimum absolute atomic E-state index is 0. The fourth-order valence-electron chi connectivity index (χ4n) is 11.9. The number of alkyl halides is 1. The Kier molecular flexibility index (Phi) is 18.5. The molecule has 0 saturated heterocycles. The average Bonchev–Trinajstić information content (AvgIpc) is 1.71. The van der Waals surface area contributed by atoms with Crippen LogP contribution in [-0.2, 0) is 59.8 Å². The van der Waals surface area contributed by atoms with E-state index in [9.17, 15) is 40.7 Å². The van der Waals surface area contributed by atoms with E-state index in [1.165, 1.54) is 66.5 Å². The molecule has 3 aliphatic carbocycles. The van der Waals surface area contributed by atoms with Crippen molar-refractivity contribution >= 4 is 61.4 Å². The fraction of sp³-hybridized carbons (Fsp3) is 0.309. The number of hydrogen-bond acceptors (Lipinski definition) is 7. The highest BCUT2D eigenvalue weighted by Crippen LogP contribution is 2.47. The Hall–Kier alpha value is -8.80. The van der Waals surface area contributed by atoms with Crippen LogP contribution in [0.1, 0.15) is 98.9 Å². The first-order chi connectivity index (χ1) is 42.3. The summed E-state index contributed by atoms with van der Waals surface area (Å²) in [5.74, 6) is -2.43. The standard InChI is InChI=1S/C22H20F2N4O.C22H22F2N4O.C12H10F2N2.C10H11IN2O.2CH4/c1-26-17-9-6-13(10-18(17)27(2)22(26)29)11-28-12-25-20(21(28)14-7-8-14)19-15(23)4-3-5-16(19)24;1-26-17-9-6-13(10-18(17)27(2)22(26)29)11-28-12-25-20(14-7-8-14)21(28)19-15(23)4-3-5-16(19)24;13-8-2-1-3-9(14)10(8)12-11(7-4-5-7)15-6-16-12;1-12-8-4-3-7(6-11)5-9(8)13(2)10(12)14;;/h3-6,9-10,12,14H,7-8,11H2,1-2H3;3-6,9-10,14,25H,7-8,11-12H2,1-2H3;1-3,6-7H,4-5H2,(H,15,16);3-5H,6H2,1-2H3;2*1H4. The quantitative estimate of drug-likeness (QED) is 0.0746. The summed E-state index contributed by atoms with van der Waals surface area (Å²) in [6.07, 6.45) is 9.32. The van der Waals surface area contributed by atoms with Crippen LogP contribution >= 0.6 is 22.6 Å². The van der Waals surface area contributed by atoms with E-state index in [1.807, 2.05) is 59.0 Å². The smallest absolute Gasteiger partial charge is 0.328 e. The van der Waals surface area contributed by atoms with E-state index < -0.39 is 34.9 Å². The molecule has 0 unspecified atom stereocenters. The predicted octanol–water partition coefficient (Wildman–Crippen LogP) is 13.6. The second kappa shape index (κ2) is 26.0. The molecule has 22 heteroatoms. The first-order valence-corrected chi connectivity index (χ1v) is 30.5. The number of hydrogen-bond donors (Lipinski definition) is 2. The van der Waals surface area contributed by atoms with Gasteiger partial charge in [-0.15, -0.1) is 0 Å². The lowest BCUT2D eigenvalue weighted by atomic mass is 10.1. The molecule has 0 spiro atoms. The van der Waals surface area contributed by atoms with E-state index in [0.29, 0.717) is 48.7 Å². The number of rotatable bonds is 11. The van der Waals surface area contributed by atoms with Gasteiger partial charge in [-0.05, 0) is 128 Å². The fourth-order valence-corrected chi connectivity index (χ4v) is 12.3. The zero-order chi connectivity index (χ0) is 62.0. The summed E-state index contributed by atoms with van der Waals surface area (Å²) >= 11 is 2.32. The van der Waals surface area contributed by atoms with Crippen molar-refractivity contribution < 1.29 is 26.3 Å². The molecule has 3 saturated carbocycles. The van der Waals surface area contributed by atoms with Gasteiger partial charge < -0.3 is 19.8 Å². The van der Waals surface area contributed by atoms with E-state index >= 15 is 0 Å². The number of nitrogens with zero attached hydrogens (tertiary/aromatic N) is 10. The van der Waals surface area contributed by atoms with Crippen LogP contribution in [0.15, 0.2) is 142 Å². The minimum atomic E-state index is -0.599. The summed E-state index contributed by atoms with van der Waals surface area (Å²) in [5, 5.41) is 3.37. The molecular formula is C68H71F6IN12O3. The number of aryl methyl sites for hydroxylation is 6. The summed E-state index contributed by atoms with van der Waals surface area (Å²) in [7, 11) is 10.6. The summed E-state index contributed by atoms with van der Waals surface area (Å²) < 4.78 is 97.9. The molecule has 470 valence electrons. The summed E-state index contributed by atoms with van der Waals surface area (Å²) in [6.45, 7) is 1.51. The number of aromatic nitrogens is 10. The van der Waals surface area contributed by atoms with Gasteiger partial charge >= 0.3 is 17.1 Å². The molecule has 2 N–H and O–H groups in total. The summed E-state index contributed by atoms with van der Waals surface area (Å²) in [4.78, 5) is 49.4. The van der Waals surface area contributed by atoms with Gasteiger partial charge in [0.2, 0.25) is 0 Å². The number of fused-ring (bicyclic) bond motifs is 3. The molecule has 15 nitrogen and oxygen atoms in total. The first kappa shape index (κ1) is 64.2. The van der Waals surface area contributed by atoms with E-state index in [-0.39, 0.29) is 54.5 Å². The molecule has 4 aliphatic rings. The Bertz CT molecular complexity index is 4680. The molecule has 5 aromatic heterocycles. The van der Waals surface area contributed by atoms with Gasteiger partial charge in [0.05, 0.1) is 86.2 Å². The number of H-pyrrole nitrogens is 1. The Morgan fingerprint density at radius 2 is 0.878 bits per heavy atom. The highest BCUT2D eigenvalue weighted by Gasteiger charge is 2.37. The van der Waals surface area contributed by atoms with Gasteiger partial charge in [0, 0.05) is 94.6 Å².